The highest BCUT2D eigenvalue weighted by Gasteiger charge is 2.18. The fourth-order valence-corrected chi connectivity index (χ4v) is 2.25. The molecule has 2 nitrogen and oxygen atoms in total. The lowest BCUT2D eigenvalue weighted by molar-refractivity contribution is 0.156. The highest BCUT2D eigenvalue weighted by atomic mass is 16.5. The molecule has 2 rings (SSSR count). The molecule has 1 N–H and O–H groups in total. The number of aliphatic hydroxyl groups is 1. The van der Waals surface area contributed by atoms with Gasteiger partial charge < -0.3 is 9.84 Å². The molecule has 94 valence electrons. The van der Waals surface area contributed by atoms with Gasteiger partial charge in [-0.3, -0.25) is 0 Å². The summed E-state index contributed by atoms with van der Waals surface area (Å²) in [4.78, 5) is 0. The minimum Gasteiger partial charge on any atom is -0.494 e. The molecular formula is C15H22O2. The number of ether oxygens (including phenoxy) is 1. The van der Waals surface area contributed by atoms with Crippen molar-refractivity contribution >= 4 is 0 Å². The summed E-state index contributed by atoms with van der Waals surface area (Å²) >= 11 is 0. The Labute approximate surface area is 104 Å². The van der Waals surface area contributed by atoms with Gasteiger partial charge in [0.2, 0.25) is 0 Å². The van der Waals surface area contributed by atoms with Gasteiger partial charge in [-0.15, -0.1) is 0 Å². The molecule has 0 spiro atoms. The van der Waals surface area contributed by atoms with Crippen molar-refractivity contribution in [3.63, 3.8) is 0 Å². The van der Waals surface area contributed by atoms with Crippen LogP contribution in [0.3, 0.4) is 0 Å². The SMILES string of the molecule is CC(C)CCOc1ccc2c(c1)[C@H](O)CCC2. The summed E-state index contributed by atoms with van der Waals surface area (Å²) in [6, 6.07) is 6.14. The van der Waals surface area contributed by atoms with Gasteiger partial charge in [0.25, 0.3) is 0 Å². The van der Waals surface area contributed by atoms with Crippen molar-refractivity contribution in [2.24, 2.45) is 5.92 Å². The number of aliphatic hydroxyl groups excluding tert-OH is 1. The Kier molecular flexibility index (Phi) is 4.06. The van der Waals surface area contributed by atoms with Crippen LogP contribution >= 0.6 is 0 Å². The number of hydrogen-bond acceptors (Lipinski definition) is 2. The molecule has 0 aliphatic heterocycles. The molecule has 1 aromatic carbocycles. The van der Waals surface area contributed by atoms with Crippen LogP contribution in [0.25, 0.3) is 0 Å². The first-order valence-electron chi connectivity index (χ1n) is 6.60. The molecule has 1 atom stereocenters. The Morgan fingerprint density at radius 3 is 3.00 bits per heavy atom. The third-order valence-electron chi connectivity index (χ3n) is 3.36. The van der Waals surface area contributed by atoms with Gasteiger partial charge in [0.15, 0.2) is 0 Å². The summed E-state index contributed by atoms with van der Waals surface area (Å²) in [7, 11) is 0. The summed E-state index contributed by atoms with van der Waals surface area (Å²) in [6.07, 6.45) is 3.81. The van der Waals surface area contributed by atoms with Crippen LogP contribution in [-0.2, 0) is 6.42 Å². The summed E-state index contributed by atoms with van der Waals surface area (Å²) in [5.41, 5.74) is 2.35. The van der Waals surface area contributed by atoms with Crippen LogP contribution in [0.5, 0.6) is 5.75 Å². The topological polar surface area (TPSA) is 29.5 Å². The average Bonchev–Trinajstić information content (AvgIpc) is 2.30. The first kappa shape index (κ1) is 12.4. The fraction of sp³-hybridized carbons (Fsp3) is 0.600. The van der Waals surface area contributed by atoms with E-state index in [2.05, 4.69) is 19.9 Å². The molecule has 1 aliphatic carbocycles. The van der Waals surface area contributed by atoms with Gasteiger partial charge in [-0.05, 0) is 54.9 Å². The number of rotatable bonds is 4. The summed E-state index contributed by atoms with van der Waals surface area (Å²) in [5, 5.41) is 9.94. The molecule has 0 saturated heterocycles. The summed E-state index contributed by atoms with van der Waals surface area (Å²) in [5.74, 6) is 1.56. The van der Waals surface area contributed by atoms with Gasteiger partial charge >= 0.3 is 0 Å². The molecular weight excluding hydrogens is 212 g/mol. The van der Waals surface area contributed by atoms with Crippen molar-refractivity contribution in [1.29, 1.82) is 0 Å². The number of benzene rings is 1. The van der Waals surface area contributed by atoms with E-state index in [9.17, 15) is 5.11 Å². The zero-order chi connectivity index (χ0) is 12.3. The Morgan fingerprint density at radius 1 is 1.41 bits per heavy atom. The largest absolute Gasteiger partial charge is 0.494 e. The quantitative estimate of drug-likeness (QED) is 0.864. The molecule has 0 fully saturated rings. The standard InChI is InChI=1S/C15H22O2/c1-11(2)8-9-17-13-7-6-12-4-3-5-15(16)14(12)10-13/h6-7,10-11,15-16H,3-5,8-9H2,1-2H3/t15-/m1/s1. The first-order chi connectivity index (χ1) is 8.16. The zero-order valence-electron chi connectivity index (χ0n) is 10.8. The minimum atomic E-state index is -0.299. The Bertz CT molecular complexity index is 371. The van der Waals surface area contributed by atoms with Gasteiger partial charge in [-0.1, -0.05) is 19.9 Å². The van der Waals surface area contributed by atoms with Gasteiger partial charge in [0, 0.05) is 0 Å². The molecule has 2 heteroatoms. The van der Waals surface area contributed by atoms with Crippen LogP contribution in [0.1, 0.15) is 50.3 Å². The lowest BCUT2D eigenvalue weighted by Gasteiger charge is -2.22. The van der Waals surface area contributed by atoms with E-state index in [1.165, 1.54) is 5.56 Å². The number of aryl methyl sites for hydroxylation is 1. The second kappa shape index (κ2) is 5.54. The van der Waals surface area contributed by atoms with Crippen LogP contribution in [0.15, 0.2) is 18.2 Å². The van der Waals surface area contributed by atoms with Crippen LogP contribution in [0.4, 0.5) is 0 Å². The van der Waals surface area contributed by atoms with Crippen LogP contribution in [-0.4, -0.2) is 11.7 Å². The monoisotopic (exact) mass is 234 g/mol. The van der Waals surface area contributed by atoms with Crippen molar-refractivity contribution in [3.05, 3.63) is 29.3 Å². The van der Waals surface area contributed by atoms with E-state index in [0.717, 1.165) is 43.6 Å². The maximum absolute atomic E-state index is 9.94. The van der Waals surface area contributed by atoms with Crippen LogP contribution < -0.4 is 4.74 Å². The average molecular weight is 234 g/mol. The smallest absolute Gasteiger partial charge is 0.119 e. The third-order valence-corrected chi connectivity index (χ3v) is 3.36. The number of fused-ring (bicyclic) bond motifs is 1. The molecule has 0 unspecified atom stereocenters. The predicted molar refractivity (Wildman–Crippen MR) is 69.3 cm³/mol. The molecule has 17 heavy (non-hydrogen) atoms. The molecule has 1 aliphatic rings. The molecule has 1 aromatic rings. The van der Waals surface area contributed by atoms with Crippen molar-refractivity contribution in [1.82, 2.24) is 0 Å². The van der Waals surface area contributed by atoms with Crippen molar-refractivity contribution in [2.75, 3.05) is 6.61 Å². The Morgan fingerprint density at radius 2 is 2.24 bits per heavy atom. The van der Waals surface area contributed by atoms with Gasteiger partial charge in [0.1, 0.15) is 5.75 Å². The fourth-order valence-electron chi connectivity index (χ4n) is 2.25. The maximum Gasteiger partial charge on any atom is 0.119 e. The molecule has 0 saturated carbocycles. The lowest BCUT2D eigenvalue weighted by atomic mass is 9.89. The van der Waals surface area contributed by atoms with Gasteiger partial charge in [0.05, 0.1) is 12.7 Å². The van der Waals surface area contributed by atoms with E-state index in [1.54, 1.807) is 0 Å². The second-order valence-corrected chi connectivity index (χ2v) is 5.30. The summed E-state index contributed by atoms with van der Waals surface area (Å²) in [6.45, 7) is 5.15. The molecule has 0 radical (unpaired) electrons. The normalized spacial score (nSPS) is 19.2. The minimum absolute atomic E-state index is 0.299. The van der Waals surface area contributed by atoms with Gasteiger partial charge in [-0.25, -0.2) is 0 Å². The lowest BCUT2D eigenvalue weighted by Crippen LogP contribution is -2.09. The highest BCUT2D eigenvalue weighted by molar-refractivity contribution is 5.38. The Balaban J connectivity index is 2.02. The van der Waals surface area contributed by atoms with Crippen molar-refractivity contribution < 1.29 is 9.84 Å². The number of hydrogen-bond donors (Lipinski definition) is 1. The molecule has 0 heterocycles. The van der Waals surface area contributed by atoms with E-state index in [4.69, 9.17) is 4.74 Å². The van der Waals surface area contributed by atoms with Crippen LogP contribution in [0, 0.1) is 5.92 Å². The predicted octanol–water partition coefficient (Wildman–Crippen LogP) is 3.48. The zero-order valence-corrected chi connectivity index (χ0v) is 10.8. The third kappa shape index (κ3) is 3.22. The van der Waals surface area contributed by atoms with Crippen LogP contribution in [0.2, 0.25) is 0 Å². The van der Waals surface area contributed by atoms with E-state index < -0.39 is 0 Å². The Hall–Kier alpha value is -1.02. The first-order valence-corrected chi connectivity index (χ1v) is 6.60. The van der Waals surface area contributed by atoms with Crippen molar-refractivity contribution in [3.8, 4) is 5.75 Å². The van der Waals surface area contributed by atoms with E-state index in [-0.39, 0.29) is 6.10 Å². The second-order valence-electron chi connectivity index (χ2n) is 5.30. The van der Waals surface area contributed by atoms with E-state index in [1.807, 2.05) is 12.1 Å². The van der Waals surface area contributed by atoms with E-state index in [0.29, 0.717) is 5.92 Å². The molecule has 0 bridgehead atoms. The van der Waals surface area contributed by atoms with E-state index >= 15 is 0 Å². The summed E-state index contributed by atoms with van der Waals surface area (Å²) < 4.78 is 5.72. The molecule has 0 aromatic heterocycles. The van der Waals surface area contributed by atoms with Gasteiger partial charge in [-0.2, -0.15) is 0 Å². The highest BCUT2D eigenvalue weighted by Crippen LogP contribution is 2.32. The maximum atomic E-state index is 9.94. The molecule has 0 amide bonds. The van der Waals surface area contributed by atoms with Crippen molar-refractivity contribution in [2.45, 2.75) is 45.6 Å².